The Kier molecular flexibility index (Phi) is 8.30. The Hall–Kier alpha value is -3.75. The van der Waals surface area contributed by atoms with E-state index in [0.717, 1.165) is 22.2 Å². The highest BCUT2D eigenvalue weighted by Crippen LogP contribution is 2.32. The lowest BCUT2D eigenvalue weighted by Gasteiger charge is -2.13. The zero-order valence-electron chi connectivity index (χ0n) is 19.4. The number of benzene rings is 3. The van der Waals surface area contributed by atoms with Crippen LogP contribution in [0, 0.1) is 6.92 Å². The minimum atomic E-state index is -0.381. The van der Waals surface area contributed by atoms with E-state index in [9.17, 15) is 14.4 Å². The molecule has 0 aliphatic carbocycles. The number of nitrogens with one attached hydrogen (secondary N) is 1. The summed E-state index contributed by atoms with van der Waals surface area (Å²) < 4.78 is 11.2. The van der Waals surface area contributed by atoms with E-state index >= 15 is 0 Å². The van der Waals surface area contributed by atoms with Gasteiger partial charge in [0.25, 0.3) is 17.1 Å². The summed E-state index contributed by atoms with van der Waals surface area (Å²) in [4.78, 5) is 38.8. The van der Waals surface area contributed by atoms with Crippen molar-refractivity contribution < 1.29 is 23.9 Å². The molecule has 1 aliphatic rings. The number of imide groups is 1. The van der Waals surface area contributed by atoms with E-state index in [2.05, 4.69) is 5.32 Å². The second-order valence-electron chi connectivity index (χ2n) is 7.91. The predicted octanol–water partition coefficient (Wildman–Crippen LogP) is 5.78. The first-order chi connectivity index (χ1) is 17.4. The number of aryl methyl sites for hydroxylation is 1. The SMILES string of the molecule is Cc1cccc(NC(=O)COc2cccc(/C=C3\SC(=O)N(CCOc4ccc(Cl)cc4)C3=O)c2)c1. The molecular weight excluding hydrogens is 500 g/mol. The molecule has 3 aromatic carbocycles. The third-order valence-electron chi connectivity index (χ3n) is 5.10. The van der Waals surface area contributed by atoms with E-state index in [0.29, 0.717) is 32.7 Å². The van der Waals surface area contributed by atoms with Crippen LogP contribution < -0.4 is 14.8 Å². The number of carbonyl (C=O) groups excluding carboxylic acids is 3. The number of carbonyl (C=O) groups is 3. The van der Waals surface area contributed by atoms with E-state index in [4.69, 9.17) is 21.1 Å². The minimum Gasteiger partial charge on any atom is -0.492 e. The highest BCUT2D eigenvalue weighted by molar-refractivity contribution is 8.18. The Balaban J connectivity index is 1.32. The van der Waals surface area contributed by atoms with Gasteiger partial charge in [-0.25, -0.2) is 0 Å². The lowest BCUT2D eigenvalue weighted by Crippen LogP contribution is -2.32. The van der Waals surface area contributed by atoms with Crippen molar-refractivity contribution in [2.75, 3.05) is 25.1 Å². The zero-order valence-corrected chi connectivity index (χ0v) is 21.0. The number of amides is 3. The fourth-order valence-electron chi connectivity index (χ4n) is 3.39. The van der Waals surface area contributed by atoms with Crippen molar-refractivity contribution >= 4 is 52.2 Å². The number of ether oxygens (including phenoxy) is 2. The number of hydrogen-bond acceptors (Lipinski definition) is 6. The Labute approximate surface area is 218 Å². The largest absolute Gasteiger partial charge is 0.492 e. The van der Waals surface area contributed by atoms with Gasteiger partial charge in [0.05, 0.1) is 11.4 Å². The van der Waals surface area contributed by atoms with Gasteiger partial charge in [-0.3, -0.25) is 19.3 Å². The highest BCUT2D eigenvalue weighted by atomic mass is 35.5. The maximum Gasteiger partial charge on any atom is 0.293 e. The van der Waals surface area contributed by atoms with E-state index < -0.39 is 0 Å². The molecule has 1 fully saturated rings. The maximum absolute atomic E-state index is 12.8. The zero-order chi connectivity index (χ0) is 25.5. The molecule has 0 aromatic heterocycles. The van der Waals surface area contributed by atoms with Gasteiger partial charge in [0.1, 0.15) is 18.1 Å². The van der Waals surface area contributed by atoms with Gasteiger partial charge in [0, 0.05) is 10.7 Å². The van der Waals surface area contributed by atoms with Crippen LogP contribution in [0.2, 0.25) is 5.02 Å². The van der Waals surface area contributed by atoms with Gasteiger partial charge >= 0.3 is 0 Å². The summed E-state index contributed by atoms with van der Waals surface area (Å²) in [5.41, 5.74) is 2.42. The van der Waals surface area contributed by atoms with E-state index in [1.165, 1.54) is 0 Å². The Morgan fingerprint density at radius 1 is 1.00 bits per heavy atom. The van der Waals surface area contributed by atoms with Crippen molar-refractivity contribution in [1.29, 1.82) is 0 Å². The summed E-state index contributed by atoms with van der Waals surface area (Å²) >= 11 is 6.73. The van der Waals surface area contributed by atoms with Crippen LogP contribution in [0.25, 0.3) is 6.08 Å². The Morgan fingerprint density at radius 2 is 1.78 bits per heavy atom. The molecule has 0 bridgehead atoms. The summed E-state index contributed by atoms with van der Waals surface area (Å²) in [5, 5.41) is 3.03. The number of thioether (sulfide) groups is 1. The van der Waals surface area contributed by atoms with Crippen LogP contribution in [0.3, 0.4) is 0 Å². The molecule has 0 unspecified atom stereocenters. The summed E-state index contributed by atoms with van der Waals surface area (Å²) in [7, 11) is 0. The van der Waals surface area contributed by atoms with Gasteiger partial charge in [-0.15, -0.1) is 0 Å². The Bertz CT molecular complexity index is 1310. The second-order valence-corrected chi connectivity index (χ2v) is 9.34. The van der Waals surface area contributed by atoms with Crippen LogP contribution in [-0.2, 0) is 9.59 Å². The number of rotatable bonds is 9. The summed E-state index contributed by atoms with van der Waals surface area (Å²) in [6.07, 6.45) is 1.63. The molecule has 1 N–H and O–H groups in total. The fourth-order valence-corrected chi connectivity index (χ4v) is 4.38. The molecule has 1 saturated heterocycles. The molecule has 4 rings (SSSR count). The van der Waals surface area contributed by atoms with Crippen LogP contribution in [0.4, 0.5) is 10.5 Å². The molecule has 9 heteroatoms. The van der Waals surface area contributed by atoms with Crippen molar-refractivity contribution in [3.8, 4) is 11.5 Å². The lowest BCUT2D eigenvalue weighted by molar-refractivity contribution is -0.123. The molecule has 0 spiro atoms. The fraction of sp³-hybridized carbons (Fsp3) is 0.148. The van der Waals surface area contributed by atoms with Gasteiger partial charge in [0.15, 0.2) is 6.61 Å². The van der Waals surface area contributed by atoms with Crippen molar-refractivity contribution in [1.82, 2.24) is 4.90 Å². The second kappa shape index (κ2) is 11.8. The number of nitrogens with zero attached hydrogens (tertiary/aromatic N) is 1. The van der Waals surface area contributed by atoms with Crippen LogP contribution >= 0.6 is 23.4 Å². The normalized spacial score (nSPS) is 14.3. The minimum absolute atomic E-state index is 0.129. The van der Waals surface area contributed by atoms with Crippen molar-refractivity contribution in [3.05, 3.63) is 93.9 Å². The Morgan fingerprint density at radius 3 is 2.56 bits per heavy atom. The monoisotopic (exact) mass is 522 g/mol. The van der Waals surface area contributed by atoms with E-state index in [-0.39, 0.29) is 36.8 Å². The maximum atomic E-state index is 12.8. The van der Waals surface area contributed by atoms with Crippen LogP contribution in [0.5, 0.6) is 11.5 Å². The average Bonchev–Trinajstić information content (AvgIpc) is 3.11. The van der Waals surface area contributed by atoms with Gasteiger partial charge in [-0.1, -0.05) is 35.9 Å². The lowest BCUT2D eigenvalue weighted by atomic mass is 10.2. The predicted molar refractivity (Wildman–Crippen MR) is 141 cm³/mol. The summed E-state index contributed by atoms with van der Waals surface area (Å²) in [6, 6.07) is 21.3. The number of hydrogen-bond donors (Lipinski definition) is 1. The topological polar surface area (TPSA) is 84.9 Å². The molecule has 1 heterocycles. The van der Waals surface area contributed by atoms with Crippen molar-refractivity contribution in [2.24, 2.45) is 0 Å². The molecule has 0 atom stereocenters. The number of anilines is 1. The molecule has 184 valence electrons. The van der Waals surface area contributed by atoms with Crippen molar-refractivity contribution in [2.45, 2.75) is 6.92 Å². The summed E-state index contributed by atoms with van der Waals surface area (Å²) in [6.45, 7) is 2.08. The molecule has 7 nitrogen and oxygen atoms in total. The molecule has 36 heavy (non-hydrogen) atoms. The first-order valence-electron chi connectivity index (χ1n) is 11.1. The molecule has 0 saturated carbocycles. The third-order valence-corrected chi connectivity index (χ3v) is 6.26. The molecule has 1 aliphatic heterocycles. The molecular formula is C27H23ClN2O5S. The number of halogens is 1. The van der Waals surface area contributed by atoms with Crippen LogP contribution in [0.15, 0.2) is 77.7 Å². The molecule has 3 aromatic rings. The first kappa shape index (κ1) is 25.3. The smallest absolute Gasteiger partial charge is 0.293 e. The average molecular weight is 523 g/mol. The van der Waals surface area contributed by atoms with Gasteiger partial charge in [-0.05, 0) is 84.4 Å². The van der Waals surface area contributed by atoms with Crippen LogP contribution in [-0.4, -0.2) is 41.7 Å². The van der Waals surface area contributed by atoms with Gasteiger partial charge in [0.2, 0.25) is 0 Å². The van der Waals surface area contributed by atoms with E-state index in [1.54, 1.807) is 54.6 Å². The van der Waals surface area contributed by atoms with Gasteiger partial charge < -0.3 is 14.8 Å². The van der Waals surface area contributed by atoms with Crippen molar-refractivity contribution in [3.63, 3.8) is 0 Å². The molecule has 3 amide bonds. The third kappa shape index (κ3) is 6.90. The van der Waals surface area contributed by atoms with Crippen LogP contribution in [0.1, 0.15) is 11.1 Å². The first-order valence-corrected chi connectivity index (χ1v) is 12.3. The highest BCUT2D eigenvalue weighted by Gasteiger charge is 2.34. The standard InChI is InChI=1S/C27H23ClN2O5S/c1-18-4-2-6-21(14-18)29-25(31)17-35-23-7-3-5-19(15-23)16-24-26(32)30(27(33)36-24)12-13-34-22-10-8-20(28)9-11-22/h2-11,14-16H,12-13,17H2,1H3,(H,29,31)/b24-16-. The van der Waals surface area contributed by atoms with E-state index in [1.807, 2.05) is 31.2 Å². The summed E-state index contributed by atoms with van der Waals surface area (Å²) in [5.74, 6) is 0.409. The molecule has 0 radical (unpaired) electrons. The quantitative estimate of drug-likeness (QED) is 0.358. The van der Waals surface area contributed by atoms with Gasteiger partial charge in [-0.2, -0.15) is 0 Å².